The Bertz CT molecular complexity index is 636. The van der Waals surface area contributed by atoms with Crippen molar-refractivity contribution in [3.63, 3.8) is 0 Å². The van der Waals surface area contributed by atoms with Crippen LogP contribution in [0.3, 0.4) is 0 Å². The molecule has 1 aromatic carbocycles. The summed E-state index contributed by atoms with van der Waals surface area (Å²) in [7, 11) is 0. The molecule has 0 bridgehead atoms. The molecule has 7 heteroatoms. The molecular weight excluding hydrogens is 338 g/mol. The number of benzene rings is 1. The molecule has 0 saturated carbocycles. The van der Waals surface area contributed by atoms with Gasteiger partial charge in [-0.15, -0.1) is 0 Å². The van der Waals surface area contributed by atoms with Crippen LogP contribution in [0.25, 0.3) is 0 Å². The Morgan fingerprint density at radius 1 is 1.36 bits per heavy atom. The van der Waals surface area contributed by atoms with E-state index in [0.717, 1.165) is 23.4 Å². The third-order valence-corrected chi connectivity index (χ3v) is 5.09. The summed E-state index contributed by atoms with van der Waals surface area (Å²) < 4.78 is 0. The van der Waals surface area contributed by atoms with Crippen molar-refractivity contribution >= 4 is 34.5 Å². The van der Waals surface area contributed by atoms with Gasteiger partial charge >= 0.3 is 0 Å². The number of nitrogens with zero attached hydrogens (tertiary/aromatic N) is 1. The number of hydrogen-bond acceptors (Lipinski definition) is 4. The van der Waals surface area contributed by atoms with Crippen LogP contribution in [0.5, 0.6) is 0 Å². The van der Waals surface area contributed by atoms with Crippen molar-refractivity contribution < 1.29 is 14.4 Å². The molecule has 1 aromatic rings. The van der Waals surface area contributed by atoms with E-state index in [1.54, 1.807) is 4.90 Å². The molecule has 0 unspecified atom stereocenters. The summed E-state index contributed by atoms with van der Waals surface area (Å²) in [4.78, 5) is 37.1. The highest BCUT2D eigenvalue weighted by Crippen LogP contribution is 2.17. The average Bonchev–Trinajstić information content (AvgIpc) is 3.02. The normalized spacial score (nSPS) is 15.1. The topological polar surface area (TPSA) is 78.5 Å². The lowest BCUT2D eigenvalue weighted by molar-refractivity contribution is -0.121. The first kappa shape index (κ1) is 19.3. The maximum atomic E-state index is 11.9. The predicted octanol–water partition coefficient (Wildman–Crippen LogP) is 2.85. The number of anilines is 1. The van der Waals surface area contributed by atoms with Crippen LogP contribution >= 0.6 is 11.8 Å². The van der Waals surface area contributed by atoms with Crippen LogP contribution in [-0.4, -0.2) is 40.8 Å². The molecule has 1 heterocycles. The summed E-state index contributed by atoms with van der Waals surface area (Å²) in [6, 6.07) is 7.46. The van der Waals surface area contributed by atoms with Crippen LogP contribution in [0.4, 0.5) is 10.5 Å². The molecule has 1 fully saturated rings. The summed E-state index contributed by atoms with van der Waals surface area (Å²) in [5.74, 6) is 0.681. The van der Waals surface area contributed by atoms with Gasteiger partial charge in [-0.1, -0.05) is 37.7 Å². The quantitative estimate of drug-likeness (QED) is 0.744. The number of thioether (sulfide) groups is 1. The van der Waals surface area contributed by atoms with E-state index in [9.17, 15) is 14.4 Å². The van der Waals surface area contributed by atoms with E-state index < -0.39 is 0 Å². The first-order valence-corrected chi connectivity index (χ1v) is 9.56. The fourth-order valence-corrected chi connectivity index (χ4v) is 3.22. The Morgan fingerprint density at radius 2 is 2.16 bits per heavy atom. The molecule has 1 aliphatic heterocycles. The molecule has 0 radical (unpaired) electrons. The molecule has 136 valence electrons. The van der Waals surface area contributed by atoms with Crippen LogP contribution in [0.2, 0.25) is 0 Å². The van der Waals surface area contributed by atoms with Gasteiger partial charge in [0, 0.05) is 43.4 Å². The van der Waals surface area contributed by atoms with Gasteiger partial charge < -0.3 is 15.5 Å². The van der Waals surface area contributed by atoms with Crippen molar-refractivity contribution in [2.75, 3.05) is 24.2 Å². The molecule has 6 nitrogen and oxygen atoms in total. The van der Waals surface area contributed by atoms with E-state index in [2.05, 4.69) is 10.6 Å². The highest BCUT2D eigenvalue weighted by molar-refractivity contribution is 8.13. The van der Waals surface area contributed by atoms with Gasteiger partial charge in [-0.05, 0) is 24.1 Å². The molecule has 25 heavy (non-hydrogen) atoms. The second-order valence-corrected chi connectivity index (χ2v) is 7.17. The van der Waals surface area contributed by atoms with E-state index in [0.29, 0.717) is 26.1 Å². The summed E-state index contributed by atoms with van der Waals surface area (Å²) in [5.41, 5.74) is 1.65. The van der Waals surface area contributed by atoms with Gasteiger partial charge in [-0.3, -0.25) is 14.4 Å². The lowest BCUT2D eigenvalue weighted by Gasteiger charge is -2.14. The average molecular weight is 363 g/mol. The molecule has 0 spiro atoms. The number of carbonyl (C=O) groups is 3. The SMILES string of the molecule is CC[C@@H](C)C(=O)Nc1cccc(CNC(=O)CCN2CCSC2=O)c1. The first-order valence-electron chi connectivity index (χ1n) is 8.57. The summed E-state index contributed by atoms with van der Waals surface area (Å²) in [5, 5.41) is 5.80. The van der Waals surface area contributed by atoms with Crippen LogP contribution in [0.15, 0.2) is 24.3 Å². The monoisotopic (exact) mass is 363 g/mol. The Morgan fingerprint density at radius 3 is 2.84 bits per heavy atom. The first-order chi connectivity index (χ1) is 12.0. The zero-order valence-corrected chi connectivity index (χ0v) is 15.5. The number of hydrogen-bond donors (Lipinski definition) is 2. The summed E-state index contributed by atoms with van der Waals surface area (Å²) in [6.45, 7) is 5.44. The molecule has 2 rings (SSSR count). The Labute approximate surface area is 152 Å². The highest BCUT2D eigenvalue weighted by Gasteiger charge is 2.21. The van der Waals surface area contributed by atoms with Crippen molar-refractivity contribution in [3.8, 4) is 0 Å². The van der Waals surface area contributed by atoms with Gasteiger partial charge in [-0.2, -0.15) is 0 Å². The van der Waals surface area contributed by atoms with Gasteiger partial charge in [0.05, 0.1) is 0 Å². The van der Waals surface area contributed by atoms with Crippen LogP contribution < -0.4 is 10.6 Å². The second-order valence-electron chi connectivity index (χ2n) is 6.13. The van der Waals surface area contributed by atoms with Gasteiger partial charge in [-0.25, -0.2) is 0 Å². The molecule has 1 atom stereocenters. The number of carbonyl (C=O) groups excluding carboxylic acids is 3. The maximum absolute atomic E-state index is 11.9. The minimum Gasteiger partial charge on any atom is -0.352 e. The van der Waals surface area contributed by atoms with Crippen molar-refractivity contribution in [2.24, 2.45) is 5.92 Å². The fraction of sp³-hybridized carbons (Fsp3) is 0.500. The van der Waals surface area contributed by atoms with E-state index >= 15 is 0 Å². The molecule has 2 N–H and O–H groups in total. The third kappa shape index (κ3) is 6.08. The van der Waals surface area contributed by atoms with Crippen LogP contribution in [-0.2, 0) is 16.1 Å². The van der Waals surface area contributed by atoms with E-state index in [1.807, 2.05) is 38.1 Å². The molecule has 0 aromatic heterocycles. The number of rotatable bonds is 8. The largest absolute Gasteiger partial charge is 0.352 e. The van der Waals surface area contributed by atoms with Crippen molar-refractivity contribution in [3.05, 3.63) is 29.8 Å². The summed E-state index contributed by atoms with van der Waals surface area (Å²) in [6.07, 6.45) is 1.09. The zero-order chi connectivity index (χ0) is 18.2. The minimum absolute atomic E-state index is 0.00293. The Hall–Kier alpha value is -2.02. The Balaban J connectivity index is 1.78. The lowest BCUT2D eigenvalue weighted by atomic mass is 10.1. The molecule has 1 aliphatic rings. The van der Waals surface area contributed by atoms with E-state index in [4.69, 9.17) is 0 Å². The van der Waals surface area contributed by atoms with Gasteiger partial charge in [0.1, 0.15) is 0 Å². The number of amides is 3. The fourth-order valence-electron chi connectivity index (χ4n) is 2.36. The third-order valence-electron chi connectivity index (χ3n) is 4.20. The standard InChI is InChI=1S/C18H25N3O3S/c1-3-13(2)17(23)20-15-6-4-5-14(11-15)12-19-16(22)7-8-21-9-10-25-18(21)24/h4-6,11,13H,3,7-10,12H2,1-2H3,(H,19,22)(H,20,23)/t13-/m1/s1. The van der Waals surface area contributed by atoms with Crippen LogP contribution in [0.1, 0.15) is 32.3 Å². The lowest BCUT2D eigenvalue weighted by Crippen LogP contribution is -2.30. The number of nitrogens with one attached hydrogen (secondary N) is 2. The molecular formula is C18H25N3O3S. The van der Waals surface area contributed by atoms with Crippen LogP contribution in [0, 0.1) is 5.92 Å². The molecule has 1 saturated heterocycles. The van der Waals surface area contributed by atoms with E-state index in [1.165, 1.54) is 11.8 Å². The Kier molecular flexibility index (Phi) is 7.31. The predicted molar refractivity (Wildman–Crippen MR) is 100 cm³/mol. The summed E-state index contributed by atoms with van der Waals surface area (Å²) >= 11 is 1.30. The van der Waals surface area contributed by atoms with E-state index in [-0.39, 0.29) is 23.0 Å². The molecule has 0 aliphatic carbocycles. The highest BCUT2D eigenvalue weighted by atomic mass is 32.2. The molecule has 3 amide bonds. The van der Waals surface area contributed by atoms with Gasteiger partial charge in [0.25, 0.3) is 5.24 Å². The van der Waals surface area contributed by atoms with Crippen molar-refractivity contribution in [1.29, 1.82) is 0 Å². The van der Waals surface area contributed by atoms with Crippen molar-refractivity contribution in [2.45, 2.75) is 33.2 Å². The maximum Gasteiger partial charge on any atom is 0.281 e. The van der Waals surface area contributed by atoms with Gasteiger partial charge in [0.15, 0.2) is 0 Å². The zero-order valence-electron chi connectivity index (χ0n) is 14.7. The smallest absolute Gasteiger partial charge is 0.281 e. The second kappa shape index (κ2) is 9.46. The van der Waals surface area contributed by atoms with Crippen molar-refractivity contribution in [1.82, 2.24) is 10.2 Å². The minimum atomic E-state index is -0.0845. The van der Waals surface area contributed by atoms with Gasteiger partial charge in [0.2, 0.25) is 11.8 Å².